The number of nitrogens with zero attached hydrogens (tertiary/aromatic N) is 3. The minimum atomic E-state index is -4.56. The molecule has 49 heavy (non-hydrogen) atoms. The molecular weight excluding hydrogens is 668 g/mol. The largest absolute Gasteiger partial charge is 0.497 e. The van der Waals surface area contributed by atoms with Crippen LogP contribution < -0.4 is 14.4 Å². The summed E-state index contributed by atoms with van der Waals surface area (Å²) in [6.45, 7) is 4.51. The van der Waals surface area contributed by atoms with E-state index in [4.69, 9.17) is 16.3 Å². The van der Waals surface area contributed by atoms with Crippen molar-refractivity contribution in [2.45, 2.75) is 57.1 Å². The molecule has 0 aliphatic carbocycles. The Balaban J connectivity index is 1.85. The van der Waals surface area contributed by atoms with Gasteiger partial charge < -0.3 is 15.0 Å². The number of ether oxygens (including phenoxy) is 1. The molecule has 1 N–H and O–H groups in total. The number of hydrogen-bond acceptors (Lipinski definition) is 7. The molecule has 0 radical (unpaired) electrons. The van der Waals surface area contributed by atoms with Crippen LogP contribution in [-0.4, -0.2) is 55.8 Å². The van der Waals surface area contributed by atoms with Gasteiger partial charge in [-0.15, -0.1) is 0 Å². The normalized spacial score (nSPS) is 12.4. The average Bonchev–Trinajstić information content (AvgIpc) is 3.09. The molecule has 13 heteroatoms. The predicted octanol–water partition coefficient (Wildman–Crippen LogP) is 6.32. The molecule has 0 spiro atoms. The van der Waals surface area contributed by atoms with E-state index >= 15 is 0 Å². The van der Waals surface area contributed by atoms with Crippen molar-refractivity contribution < 1.29 is 27.7 Å². The highest BCUT2D eigenvalue weighted by molar-refractivity contribution is 7.92. The first kappa shape index (κ1) is 36.9. The number of methoxy groups -OCH3 is 1. The Hall–Kier alpha value is -4.94. The minimum Gasteiger partial charge on any atom is -0.497 e. The monoisotopic (exact) mass is 706 g/mol. The Morgan fingerprint density at radius 2 is 1.63 bits per heavy atom. The quantitative estimate of drug-likeness (QED) is 0.113. The zero-order valence-corrected chi connectivity index (χ0v) is 29.3. The fourth-order valence-corrected chi connectivity index (χ4v) is 6.83. The third-order valence-corrected chi connectivity index (χ3v) is 10.1. The Kier molecular flexibility index (Phi) is 12.4. The Labute approximate surface area is 291 Å². The number of halogens is 1. The lowest BCUT2D eigenvalue weighted by Crippen LogP contribution is -2.54. The van der Waals surface area contributed by atoms with E-state index in [1.165, 1.54) is 43.2 Å². The van der Waals surface area contributed by atoms with Gasteiger partial charge in [-0.25, -0.2) is 8.42 Å². The molecule has 2 atom stereocenters. The standard InChI is InChI=1S/C36H39ClN4O7S/c1-5-26(3)38-36(43)34(21-27-10-7-6-8-11-27)39(23-28-12-9-13-29(37)20-28)35(42)24-40(30-15-17-31(48-4)18-16-30)49(46,47)32-19-14-25(2)33(22-32)41(44)45/h6-20,22,26,34H,5,21,23-24H2,1-4H3,(H,38,43)/t26-,34+/m0/s1. The van der Waals surface area contributed by atoms with Crippen molar-refractivity contribution in [3.8, 4) is 5.75 Å². The van der Waals surface area contributed by atoms with Crippen LogP contribution >= 0.6 is 11.6 Å². The van der Waals surface area contributed by atoms with Gasteiger partial charge in [0.15, 0.2) is 0 Å². The molecule has 0 aromatic heterocycles. The van der Waals surface area contributed by atoms with Crippen LogP contribution in [0.25, 0.3) is 0 Å². The van der Waals surface area contributed by atoms with E-state index in [0.717, 1.165) is 15.9 Å². The summed E-state index contributed by atoms with van der Waals surface area (Å²) in [4.78, 5) is 40.6. The summed E-state index contributed by atoms with van der Waals surface area (Å²) < 4.78 is 34.8. The van der Waals surface area contributed by atoms with Gasteiger partial charge in [-0.05, 0) is 73.9 Å². The topological polar surface area (TPSA) is 139 Å². The predicted molar refractivity (Wildman–Crippen MR) is 189 cm³/mol. The maximum atomic E-state index is 14.6. The van der Waals surface area contributed by atoms with Crippen LogP contribution in [0.2, 0.25) is 5.02 Å². The van der Waals surface area contributed by atoms with Crippen LogP contribution in [0.1, 0.15) is 37.0 Å². The number of sulfonamides is 1. The molecule has 0 bridgehead atoms. The van der Waals surface area contributed by atoms with Crippen LogP contribution in [0.3, 0.4) is 0 Å². The molecule has 0 aliphatic rings. The first-order chi connectivity index (χ1) is 23.3. The summed E-state index contributed by atoms with van der Waals surface area (Å²) in [6.07, 6.45) is 0.799. The van der Waals surface area contributed by atoms with Gasteiger partial charge in [0.1, 0.15) is 18.3 Å². The fraction of sp³-hybridized carbons (Fsp3) is 0.278. The van der Waals surface area contributed by atoms with Crippen molar-refractivity contribution >= 4 is 44.8 Å². The number of nitro benzene ring substituents is 1. The van der Waals surface area contributed by atoms with E-state index in [1.807, 2.05) is 44.2 Å². The SMILES string of the molecule is CC[C@H](C)NC(=O)[C@@H](Cc1ccccc1)N(Cc1cccc(Cl)c1)C(=O)CN(c1ccc(OC)cc1)S(=O)(=O)c1ccc(C)c([N+](=O)[O-])c1. The van der Waals surface area contributed by atoms with Gasteiger partial charge in [-0.2, -0.15) is 0 Å². The molecule has 11 nitrogen and oxygen atoms in total. The van der Waals surface area contributed by atoms with Gasteiger partial charge >= 0.3 is 0 Å². The molecule has 0 unspecified atom stereocenters. The summed E-state index contributed by atoms with van der Waals surface area (Å²) in [5.74, 6) is -0.631. The summed E-state index contributed by atoms with van der Waals surface area (Å²) in [6, 6.07) is 24.5. The number of amides is 2. The second kappa shape index (κ2) is 16.4. The molecule has 4 aromatic carbocycles. The molecule has 2 amide bonds. The van der Waals surface area contributed by atoms with Crippen molar-refractivity contribution in [1.29, 1.82) is 0 Å². The highest BCUT2D eigenvalue weighted by atomic mass is 35.5. The smallest absolute Gasteiger partial charge is 0.273 e. The molecule has 0 fully saturated rings. The Morgan fingerprint density at radius 1 is 0.959 bits per heavy atom. The second-order valence-corrected chi connectivity index (χ2v) is 13.9. The number of aryl methyl sites for hydroxylation is 1. The highest BCUT2D eigenvalue weighted by Gasteiger charge is 2.35. The second-order valence-electron chi connectivity index (χ2n) is 11.6. The zero-order chi connectivity index (χ0) is 35.7. The molecule has 258 valence electrons. The van der Waals surface area contributed by atoms with E-state index in [9.17, 15) is 28.1 Å². The maximum absolute atomic E-state index is 14.6. The lowest BCUT2D eigenvalue weighted by atomic mass is 10.0. The zero-order valence-electron chi connectivity index (χ0n) is 27.7. The average molecular weight is 707 g/mol. The maximum Gasteiger partial charge on any atom is 0.273 e. The van der Waals surface area contributed by atoms with Crippen LogP contribution in [-0.2, 0) is 32.6 Å². The van der Waals surface area contributed by atoms with Gasteiger partial charge in [0.25, 0.3) is 15.7 Å². The molecule has 0 saturated heterocycles. The van der Waals surface area contributed by atoms with E-state index in [0.29, 0.717) is 22.8 Å². The van der Waals surface area contributed by atoms with Crippen molar-refractivity contribution in [3.05, 3.63) is 129 Å². The first-order valence-electron chi connectivity index (χ1n) is 15.6. The molecule has 0 aliphatic heterocycles. The van der Waals surface area contributed by atoms with E-state index in [-0.39, 0.29) is 40.8 Å². The molecule has 4 rings (SSSR count). The Morgan fingerprint density at radius 3 is 2.24 bits per heavy atom. The van der Waals surface area contributed by atoms with Gasteiger partial charge in [0, 0.05) is 35.7 Å². The number of hydrogen-bond donors (Lipinski definition) is 1. The fourth-order valence-electron chi connectivity index (χ4n) is 5.18. The number of rotatable bonds is 15. The van der Waals surface area contributed by atoms with Crippen molar-refractivity contribution in [1.82, 2.24) is 10.2 Å². The van der Waals surface area contributed by atoms with Crippen LogP contribution in [0.4, 0.5) is 11.4 Å². The third-order valence-electron chi connectivity index (χ3n) is 8.12. The number of nitro groups is 1. The van der Waals surface area contributed by atoms with E-state index in [1.54, 1.807) is 36.4 Å². The first-order valence-corrected chi connectivity index (χ1v) is 17.5. The third kappa shape index (κ3) is 9.36. The minimum absolute atomic E-state index is 0.0582. The van der Waals surface area contributed by atoms with Crippen molar-refractivity contribution in [3.63, 3.8) is 0 Å². The van der Waals surface area contributed by atoms with Gasteiger partial charge in [0.05, 0.1) is 22.6 Å². The van der Waals surface area contributed by atoms with E-state index in [2.05, 4.69) is 5.32 Å². The van der Waals surface area contributed by atoms with Crippen LogP contribution in [0.5, 0.6) is 5.75 Å². The molecule has 0 saturated carbocycles. The summed E-state index contributed by atoms with van der Waals surface area (Å²) in [5.41, 5.74) is 1.43. The Bertz CT molecular complexity index is 1890. The lowest BCUT2D eigenvalue weighted by Gasteiger charge is -2.34. The molecular formula is C36H39ClN4O7S. The molecule has 0 heterocycles. The van der Waals surface area contributed by atoms with Gasteiger partial charge in [-0.3, -0.25) is 24.0 Å². The van der Waals surface area contributed by atoms with E-state index < -0.39 is 39.3 Å². The number of benzene rings is 4. The lowest BCUT2D eigenvalue weighted by molar-refractivity contribution is -0.385. The number of anilines is 1. The molecule has 4 aromatic rings. The number of carbonyl (C=O) groups excluding carboxylic acids is 2. The van der Waals surface area contributed by atoms with Gasteiger partial charge in [0.2, 0.25) is 11.8 Å². The number of nitrogens with one attached hydrogen (secondary N) is 1. The van der Waals surface area contributed by atoms with Crippen LogP contribution in [0.15, 0.2) is 102 Å². The summed E-state index contributed by atoms with van der Waals surface area (Å²) in [7, 11) is -3.10. The summed E-state index contributed by atoms with van der Waals surface area (Å²) >= 11 is 6.30. The highest BCUT2D eigenvalue weighted by Crippen LogP contribution is 2.30. The number of carbonyl (C=O) groups is 2. The summed E-state index contributed by atoms with van der Waals surface area (Å²) in [5, 5.41) is 15.2. The van der Waals surface area contributed by atoms with Crippen molar-refractivity contribution in [2.75, 3.05) is 18.0 Å². The van der Waals surface area contributed by atoms with Crippen molar-refractivity contribution in [2.24, 2.45) is 0 Å². The van der Waals surface area contributed by atoms with Gasteiger partial charge in [-0.1, -0.05) is 67.1 Å². The van der Waals surface area contributed by atoms with Crippen LogP contribution in [0, 0.1) is 17.0 Å².